The lowest BCUT2D eigenvalue weighted by atomic mass is 10.3. The monoisotopic (exact) mass is 246 g/mol. The molecule has 0 bridgehead atoms. The molecule has 0 aliphatic carbocycles. The van der Waals surface area contributed by atoms with Crippen molar-refractivity contribution in [3.05, 3.63) is 36.7 Å². The van der Waals surface area contributed by atoms with Crippen LogP contribution < -0.4 is 10.1 Å². The quantitative estimate of drug-likeness (QED) is 0.755. The molecule has 0 saturated carbocycles. The Balaban J connectivity index is 1.83. The summed E-state index contributed by atoms with van der Waals surface area (Å²) in [5.74, 6) is 0. The fraction of sp³-hybridized carbons (Fsp3) is 0.385. The van der Waals surface area contributed by atoms with Crippen LogP contribution in [0.25, 0.3) is 5.69 Å². The summed E-state index contributed by atoms with van der Waals surface area (Å²) < 4.78 is 7.20. The van der Waals surface area contributed by atoms with Crippen molar-refractivity contribution < 1.29 is 4.74 Å². The number of benzene rings is 1. The van der Waals surface area contributed by atoms with Crippen molar-refractivity contribution in [1.82, 2.24) is 20.1 Å². The minimum absolute atomic E-state index is 0.434. The third-order valence-corrected chi connectivity index (χ3v) is 2.54. The largest absolute Gasteiger partial charge is 0.462 e. The maximum absolute atomic E-state index is 5.48. The van der Waals surface area contributed by atoms with Gasteiger partial charge in [-0.15, -0.1) is 5.10 Å². The van der Waals surface area contributed by atoms with E-state index < -0.39 is 0 Å². The van der Waals surface area contributed by atoms with Gasteiger partial charge >= 0.3 is 6.01 Å². The van der Waals surface area contributed by atoms with Gasteiger partial charge in [0.15, 0.2) is 0 Å². The van der Waals surface area contributed by atoms with Crippen LogP contribution in [-0.4, -0.2) is 35.0 Å². The molecule has 0 fully saturated rings. The van der Waals surface area contributed by atoms with Crippen LogP contribution in [0.5, 0.6) is 6.01 Å². The fourth-order valence-electron chi connectivity index (χ4n) is 1.59. The molecule has 0 unspecified atom stereocenters. The second kappa shape index (κ2) is 6.76. The summed E-state index contributed by atoms with van der Waals surface area (Å²) in [5, 5.41) is 7.37. The Labute approximate surface area is 107 Å². The number of para-hydroxylation sites is 1. The van der Waals surface area contributed by atoms with Crippen LogP contribution in [0.4, 0.5) is 0 Å². The first-order valence-corrected chi connectivity index (χ1v) is 6.14. The van der Waals surface area contributed by atoms with E-state index >= 15 is 0 Å². The van der Waals surface area contributed by atoms with E-state index in [4.69, 9.17) is 4.74 Å². The van der Waals surface area contributed by atoms with Crippen LogP contribution in [0.1, 0.15) is 12.8 Å². The molecule has 96 valence electrons. The molecule has 0 atom stereocenters. The minimum Gasteiger partial charge on any atom is -0.462 e. The van der Waals surface area contributed by atoms with Crippen molar-refractivity contribution in [2.24, 2.45) is 0 Å². The maximum atomic E-state index is 5.48. The highest BCUT2D eigenvalue weighted by Crippen LogP contribution is 2.08. The van der Waals surface area contributed by atoms with Gasteiger partial charge in [-0.2, -0.15) is 4.98 Å². The van der Waals surface area contributed by atoms with Gasteiger partial charge in [-0.1, -0.05) is 18.2 Å². The van der Waals surface area contributed by atoms with Crippen LogP contribution in [0, 0.1) is 0 Å². The van der Waals surface area contributed by atoms with E-state index in [1.54, 1.807) is 11.0 Å². The number of nitrogens with zero attached hydrogens (tertiary/aromatic N) is 3. The molecule has 0 amide bonds. The van der Waals surface area contributed by atoms with E-state index in [1.165, 1.54) is 0 Å². The van der Waals surface area contributed by atoms with Crippen LogP contribution >= 0.6 is 0 Å². The molecule has 0 aliphatic heterocycles. The highest BCUT2D eigenvalue weighted by molar-refractivity contribution is 5.29. The van der Waals surface area contributed by atoms with Gasteiger partial charge in [0.05, 0.1) is 12.3 Å². The van der Waals surface area contributed by atoms with Crippen LogP contribution in [0.15, 0.2) is 36.7 Å². The molecule has 2 rings (SSSR count). The number of ether oxygens (including phenoxy) is 1. The third kappa shape index (κ3) is 3.56. The summed E-state index contributed by atoms with van der Waals surface area (Å²) in [4.78, 5) is 4.12. The van der Waals surface area contributed by atoms with Gasteiger partial charge in [0.2, 0.25) is 0 Å². The summed E-state index contributed by atoms with van der Waals surface area (Å²) in [5.41, 5.74) is 0.982. The van der Waals surface area contributed by atoms with E-state index in [0.29, 0.717) is 12.6 Å². The molecule has 5 nitrogen and oxygen atoms in total. The number of nitrogens with one attached hydrogen (secondary N) is 1. The molecule has 1 aromatic carbocycles. The Morgan fingerprint density at radius 2 is 2.06 bits per heavy atom. The molecule has 1 N–H and O–H groups in total. The van der Waals surface area contributed by atoms with E-state index in [1.807, 2.05) is 37.4 Å². The summed E-state index contributed by atoms with van der Waals surface area (Å²) in [6.07, 6.45) is 3.76. The molecule has 0 radical (unpaired) electrons. The molecule has 0 aliphatic rings. The molecule has 0 spiro atoms. The Hall–Kier alpha value is -1.88. The average molecular weight is 246 g/mol. The van der Waals surface area contributed by atoms with Gasteiger partial charge in [-0.05, 0) is 38.6 Å². The number of hydrogen-bond acceptors (Lipinski definition) is 4. The van der Waals surface area contributed by atoms with Gasteiger partial charge < -0.3 is 10.1 Å². The molecule has 1 aromatic heterocycles. The zero-order chi connectivity index (χ0) is 12.6. The number of hydrogen-bond donors (Lipinski definition) is 1. The fourth-order valence-corrected chi connectivity index (χ4v) is 1.59. The zero-order valence-electron chi connectivity index (χ0n) is 10.5. The first-order valence-electron chi connectivity index (χ1n) is 6.14. The highest BCUT2D eigenvalue weighted by Gasteiger charge is 2.02. The molecule has 2 aromatic rings. The summed E-state index contributed by atoms with van der Waals surface area (Å²) >= 11 is 0. The number of unbranched alkanes of at least 4 members (excludes halogenated alkanes) is 1. The summed E-state index contributed by atoms with van der Waals surface area (Å²) in [6, 6.07) is 10.3. The van der Waals surface area contributed by atoms with Crippen molar-refractivity contribution in [1.29, 1.82) is 0 Å². The normalized spacial score (nSPS) is 10.5. The predicted molar refractivity (Wildman–Crippen MR) is 70.0 cm³/mol. The van der Waals surface area contributed by atoms with Gasteiger partial charge in [-0.25, -0.2) is 4.68 Å². The molecule has 1 heterocycles. The Kier molecular flexibility index (Phi) is 4.72. The van der Waals surface area contributed by atoms with E-state index in [9.17, 15) is 0 Å². The second-order valence-corrected chi connectivity index (χ2v) is 3.97. The lowest BCUT2D eigenvalue weighted by Crippen LogP contribution is -2.09. The van der Waals surface area contributed by atoms with Gasteiger partial charge in [0.1, 0.15) is 6.33 Å². The second-order valence-electron chi connectivity index (χ2n) is 3.97. The van der Waals surface area contributed by atoms with E-state index in [0.717, 1.165) is 25.1 Å². The SMILES string of the molecule is CNCCCCOc1ncn(-c2ccccc2)n1. The molecule has 0 saturated heterocycles. The van der Waals surface area contributed by atoms with Crippen molar-refractivity contribution in [3.8, 4) is 11.7 Å². The van der Waals surface area contributed by atoms with Gasteiger partial charge in [0, 0.05) is 0 Å². The smallest absolute Gasteiger partial charge is 0.335 e. The third-order valence-electron chi connectivity index (χ3n) is 2.54. The van der Waals surface area contributed by atoms with Crippen LogP contribution in [0.3, 0.4) is 0 Å². The summed E-state index contributed by atoms with van der Waals surface area (Å²) in [6.45, 7) is 1.66. The van der Waals surface area contributed by atoms with Gasteiger partial charge in [-0.3, -0.25) is 0 Å². The molecule has 18 heavy (non-hydrogen) atoms. The van der Waals surface area contributed by atoms with E-state index in [2.05, 4.69) is 15.4 Å². The first-order chi connectivity index (χ1) is 8.90. The lowest BCUT2D eigenvalue weighted by molar-refractivity contribution is 0.283. The van der Waals surface area contributed by atoms with Crippen molar-refractivity contribution in [2.75, 3.05) is 20.2 Å². The Morgan fingerprint density at radius 1 is 1.22 bits per heavy atom. The van der Waals surface area contributed by atoms with Crippen molar-refractivity contribution >= 4 is 0 Å². The van der Waals surface area contributed by atoms with E-state index in [-0.39, 0.29) is 0 Å². The molecular weight excluding hydrogens is 228 g/mol. The summed E-state index contributed by atoms with van der Waals surface area (Å²) in [7, 11) is 1.95. The van der Waals surface area contributed by atoms with Crippen molar-refractivity contribution in [2.45, 2.75) is 12.8 Å². The predicted octanol–water partition coefficient (Wildman–Crippen LogP) is 1.65. The van der Waals surface area contributed by atoms with Crippen molar-refractivity contribution in [3.63, 3.8) is 0 Å². The average Bonchev–Trinajstić information content (AvgIpc) is 2.88. The topological polar surface area (TPSA) is 52.0 Å². The Morgan fingerprint density at radius 3 is 2.83 bits per heavy atom. The Bertz CT molecular complexity index is 455. The van der Waals surface area contributed by atoms with Crippen LogP contribution in [0.2, 0.25) is 0 Å². The zero-order valence-corrected chi connectivity index (χ0v) is 10.5. The molecule has 5 heteroatoms. The van der Waals surface area contributed by atoms with Gasteiger partial charge in [0.25, 0.3) is 0 Å². The maximum Gasteiger partial charge on any atom is 0.335 e. The van der Waals surface area contributed by atoms with Crippen LogP contribution in [-0.2, 0) is 0 Å². The molecular formula is C13H18N4O. The standard InChI is InChI=1S/C13H18N4O/c1-14-9-5-6-10-18-13-15-11-17(16-13)12-7-3-2-4-8-12/h2-4,7-8,11,14H,5-6,9-10H2,1H3. The highest BCUT2D eigenvalue weighted by atomic mass is 16.5. The first kappa shape index (κ1) is 12.6. The lowest BCUT2D eigenvalue weighted by Gasteiger charge is -2.01. The number of aromatic nitrogens is 3. The minimum atomic E-state index is 0.434. The number of rotatable bonds is 7.